The molecule has 0 spiro atoms. The van der Waals surface area contributed by atoms with Crippen molar-refractivity contribution in [3.8, 4) is 0 Å². The lowest BCUT2D eigenvalue weighted by Crippen LogP contribution is -2.43. The molecule has 0 unspecified atom stereocenters. The van der Waals surface area contributed by atoms with Crippen LogP contribution in [0.25, 0.3) is 0 Å². The van der Waals surface area contributed by atoms with E-state index in [0.29, 0.717) is 4.90 Å². The minimum atomic E-state index is -4.48. The summed E-state index contributed by atoms with van der Waals surface area (Å²) >= 11 is 0. The molecule has 1 aromatic heterocycles. The molecule has 0 aromatic carbocycles. The fourth-order valence-electron chi connectivity index (χ4n) is 1.29. The molecule has 1 aromatic rings. The zero-order valence-electron chi connectivity index (χ0n) is 9.78. The van der Waals surface area contributed by atoms with Crippen molar-refractivity contribution in [2.45, 2.75) is 26.1 Å². The van der Waals surface area contributed by atoms with Gasteiger partial charge in [-0.2, -0.15) is 18.3 Å². The van der Waals surface area contributed by atoms with Crippen molar-refractivity contribution in [1.29, 1.82) is 0 Å². The van der Waals surface area contributed by atoms with Gasteiger partial charge in [-0.05, 0) is 19.9 Å². The summed E-state index contributed by atoms with van der Waals surface area (Å²) in [6.45, 7) is 1.58. The van der Waals surface area contributed by atoms with Gasteiger partial charge >= 0.3 is 6.18 Å². The Morgan fingerprint density at radius 2 is 2.06 bits per heavy atom. The fraction of sp³-hybridized carbons (Fsp3) is 0.500. The summed E-state index contributed by atoms with van der Waals surface area (Å²) in [4.78, 5) is 23.2. The predicted molar refractivity (Wildman–Crippen MR) is 57.1 cm³/mol. The maximum absolute atomic E-state index is 12.3. The second-order valence-electron chi connectivity index (χ2n) is 3.95. The van der Waals surface area contributed by atoms with Crippen LogP contribution in [0.4, 0.5) is 13.2 Å². The first kappa shape index (κ1) is 14.2. The molecule has 1 N–H and O–H groups in total. The van der Waals surface area contributed by atoms with E-state index in [9.17, 15) is 22.8 Å². The first-order valence-corrected chi connectivity index (χ1v) is 5.14. The highest BCUT2D eigenvalue weighted by molar-refractivity contribution is 5.92. The summed E-state index contributed by atoms with van der Waals surface area (Å²) in [7, 11) is 0. The lowest BCUT2D eigenvalue weighted by atomic mass is 10.2. The molecule has 8 heteroatoms. The second-order valence-corrected chi connectivity index (χ2v) is 3.95. The van der Waals surface area contributed by atoms with Crippen LogP contribution < -0.4 is 5.56 Å². The van der Waals surface area contributed by atoms with Crippen LogP contribution in [0.15, 0.2) is 16.9 Å². The quantitative estimate of drug-likeness (QED) is 0.890. The minimum absolute atomic E-state index is 0.229. The van der Waals surface area contributed by atoms with E-state index in [1.165, 1.54) is 13.8 Å². The molecule has 100 valence electrons. The van der Waals surface area contributed by atoms with Gasteiger partial charge in [-0.25, -0.2) is 5.10 Å². The van der Waals surface area contributed by atoms with E-state index in [2.05, 4.69) is 5.10 Å². The SMILES string of the molecule is CC(C)N(CC(F)(F)F)C(=O)c1ccc(=O)[nH]n1. The van der Waals surface area contributed by atoms with Gasteiger partial charge < -0.3 is 4.90 Å². The Bertz CT molecular complexity index is 461. The highest BCUT2D eigenvalue weighted by atomic mass is 19.4. The molecular weight excluding hydrogens is 251 g/mol. The Morgan fingerprint density at radius 1 is 1.44 bits per heavy atom. The molecule has 1 heterocycles. The topological polar surface area (TPSA) is 66.1 Å². The number of aromatic nitrogens is 2. The molecule has 0 saturated heterocycles. The molecular formula is C10H12F3N3O2. The zero-order chi connectivity index (χ0) is 13.9. The standard InChI is InChI=1S/C10H12F3N3O2/c1-6(2)16(5-10(11,12)13)9(18)7-3-4-8(17)15-14-7/h3-4,6H,5H2,1-2H3,(H,15,17). The molecule has 1 rings (SSSR count). The van der Waals surface area contributed by atoms with E-state index in [0.717, 1.165) is 12.1 Å². The van der Waals surface area contributed by atoms with Gasteiger partial charge in [0.2, 0.25) is 0 Å². The lowest BCUT2D eigenvalue weighted by Gasteiger charge is -2.27. The predicted octanol–water partition coefficient (Wildman–Crippen LogP) is 1.18. The number of H-pyrrole nitrogens is 1. The third-order valence-corrected chi connectivity index (χ3v) is 2.13. The molecule has 0 atom stereocenters. The smallest absolute Gasteiger partial charge is 0.326 e. The molecule has 0 aliphatic carbocycles. The van der Waals surface area contributed by atoms with Crippen LogP contribution in [-0.2, 0) is 0 Å². The molecule has 0 fully saturated rings. The molecule has 0 aliphatic heterocycles. The first-order chi connectivity index (χ1) is 8.20. The molecule has 1 amide bonds. The van der Waals surface area contributed by atoms with Crippen LogP contribution in [0.3, 0.4) is 0 Å². The Kier molecular flexibility index (Phi) is 4.10. The normalized spacial score (nSPS) is 11.7. The van der Waals surface area contributed by atoms with Gasteiger partial charge in [-0.15, -0.1) is 0 Å². The number of carbonyl (C=O) groups excluding carboxylic acids is 1. The maximum Gasteiger partial charge on any atom is 0.406 e. The number of hydrogen-bond donors (Lipinski definition) is 1. The van der Waals surface area contributed by atoms with E-state index in [4.69, 9.17) is 0 Å². The number of hydrogen-bond acceptors (Lipinski definition) is 3. The van der Waals surface area contributed by atoms with Crippen molar-refractivity contribution >= 4 is 5.91 Å². The Hall–Kier alpha value is -1.86. The zero-order valence-corrected chi connectivity index (χ0v) is 9.78. The van der Waals surface area contributed by atoms with E-state index >= 15 is 0 Å². The molecule has 18 heavy (non-hydrogen) atoms. The number of alkyl halides is 3. The number of carbonyl (C=O) groups is 1. The van der Waals surface area contributed by atoms with Crippen LogP contribution in [0.1, 0.15) is 24.3 Å². The van der Waals surface area contributed by atoms with Gasteiger partial charge in [0.1, 0.15) is 12.2 Å². The van der Waals surface area contributed by atoms with Crippen molar-refractivity contribution in [3.05, 3.63) is 28.2 Å². The summed E-state index contributed by atoms with van der Waals surface area (Å²) in [6.07, 6.45) is -4.48. The summed E-state index contributed by atoms with van der Waals surface area (Å²) in [5.74, 6) is -0.876. The van der Waals surface area contributed by atoms with Crippen molar-refractivity contribution < 1.29 is 18.0 Å². The van der Waals surface area contributed by atoms with E-state index in [-0.39, 0.29) is 5.69 Å². The van der Waals surface area contributed by atoms with Crippen LogP contribution in [0.2, 0.25) is 0 Å². The number of amides is 1. The Balaban J connectivity index is 2.96. The van der Waals surface area contributed by atoms with Crippen molar-refractivity contribution in [1.82, 2.24) is 15.1 Å². The van der Waals surface area contributed by atoms with Crippen molar-refractivity contribution in [2.24, 2.45) is 0 Å². The van der Waals surface area contributed by atoms with Crippen molar-refractivity contribution in [3.63, 3.8) is 0 Å². The molecule has 5 nitrogen and oxygen atoms in total. The van der Waals surface area contributed by atoms with Gasteiger partial charge in [0.25, 0.3) is 11.5 Å². The van der Waals surface area contributed by atoms with Crippen LogP contribution in [-0.4, -0.2) is 39.8 Å². The largest absolute Gasteiger partial charge is 0.406 e. The first-order valence-electron chi connectivity index (χ1n) is 5.14. The number of nitrogens with one attached hydrogen (secondary N) is 1. The number of nitrogens with zero attached hydrogens (tertiary/aromatic N) is 2. The third-order valence-electron chi connectivity index (χ3n) is 2.13. The van der Waals surface area contributed by atoms with Gasteiger partial charge in [-0.3, -0.25) is 9.59 Å². The number of aromatic amines is 1. The number of halogens is 3. The van der Waals surface area contributed by atoms with Gasteiger partial charge in [0.15, 0.2) is 0 Å². The average Bonchev–Trinajstić information content (AvgIpc) is 2.24. The summed E-state index contributed by atoms with van der Waals surface area (Å²) in [5, 5.41) is 5.42. The van der Waals surface area contributed by atoms with E-state index in [1.54, 1.807) is 0 Å². The molecule has 0 saturated carbocycles. The van der Waals surface area contributed by atoms with Gasteiger partial charge in [0, 0.05) is 12.1 Å². The van der Waals surface area contributed by atoms with Crippen LogP contribution in [0.5, 0.6) is 0 Å². The summed E-state index contributed by atoms with van der Waals surface area (Å²) < 4.78 is 37.0. The average molecular weight is 263 g/mol. The van der Waals surface area contributed by atoms with Gasteiger partial charge in [0.05, 0.1) is 0 Å². The Labute approximate surface area is 101 Å². The lowest BCUT2D eigenvalue weighted by molar-refractivity contribution is -0.143. The Morgan fingerprint density at radius 3 is 2.44 bits per heavy atom. The molecule has 0 radical (unpaired) electrons. The summed E-state index contributed by atoms with van der Waals surface area (Å²) in [5.41, 5.74) is -0.758. The van der Waals surface area contributed by atoms with E-state index < -0.39 is 30.2 Å². The molecule has 0 bridgehead atoms. The van der Waals surface area contributed by atoms with Crippen LogP contribution >= 0.6 is 0 Å². The fourth-order valence-corrected chi connectivity index (χ4v) is 1.29. The van der Waals surface area contributed by atoms with Crippen LogP contribution in [0, 0.1) is 0 Å². The van der Waals surface area contributed by atoms with Crippen molar-refractivity contribution in [2.75, 3.05) is 6.54 Å². The van der Waals surface area contributed by atoms with E-state index in [1.807, 2.05) is 5.10 Å². The highest BCUT2D eigenvalue weighted by Crippen LogP contribution is 2.19. The minimum Gasteiger partial charge on any atom is -0.326 e. The highest BCUT2D eigenvalue weighted by Gasteiger charge is 2.35. The summed E-state index contributed by atoms with van der Waals surface area (Å²) in [6, 6.07) is 1.49. The monoisotopic (exact) mass is 263 g/mol. The molecule has 0 aliphatic rings. The number of rotatable bonds is 3. The third kappa shape index (κ3) is 3.86. The van der Waals surface area contributed by atoms with Gasteiger partial charge in [-0.1, -0.05) is 0 Å². The maximum atomic E-state index is 12.3. The second kappa shape index (κ2) is 5.19.